The minimum atomic E-state index is -1.01. The van der Waals surface area contributed by atoms with Gasteiger partial charge in [-0.3, -0.25) is 4.79 Å². The second-order valence-electron chi connectivity index (χ2n) is 7.23. The quantitative estimate of drug-likeness (QED) is 0.799. The van der Waals surface area contributed by atoms with Crippen molar-refractivity contribution in [3.63, 3.8) is 0 Å². The van der Waals surface area contributed by atoms with Crippen LogP contribution in [0.15, 0.2) is 60.7 Å². The molecule has 2 N–H and O–H groups in total. The van der Waals surface area contributed by atoms with Gasteiger partial charge in [-0.2, -0.15) is 0 Å². The molecule has 1 amide bonds. The average Bonchev–Trinajstić information content (AvgIpc) is 2.75. The van der Waals surface area contributed by atoms with Crippen LogP contribution in [0.5, 0.6) is 0 Å². The lowest BCUT2D eigenvalue weighted by Gasteiger charge is -2.47. The van der Waals surface area contributed by atoms with E-state index in [1.54, 1.807) is 0 Å². The Hall–Kier alpha value is -2.29. The monoisotopic (exact) mass is 399 g/mol. The average molecular weight is 399 g/mol. The molecule has 2 aromatic rings. The number of hydrogen-bond acceptors (Lipinski definition) is 6. The highest BCUT2D eigenvalue weighted by atomic mass is 16.7. The van der Waals surface area contributed by atoms with Gasteiger partial charge in [0.15, 0.2) is 12.6 Å². The second kappa shape index (κ2) is 9.02. The first-order chi connectivity index (χ1) is 14.1. The maximum Gasteiger partial charge on any atom is 0.217 e. The van der Waals surface area contributed by atoms with E-state index in [-0.39, 0.29) is 12.5 Å². The van der Waals surface area contributed by atoms with E-state index in [1.807, 2.05) is 60.7 Å². The molecule has 7 heteroatoms. The summed E-state index contributed by atoms with van der Waals surface area (Å²) in [5.74, 6) is -0.281. The van der Waals surface area contributed by atoms with Crippen molar-refractivity contribution in [1.29, 1.82) is 0 Å². The van der Waals surface area contributed by atoms with Crippen molar-refractivity contribution in [3.8, 4) is 0 Å². The van der Waals surface area contributed by atoms with Crippen molar-refractivity contribution in [3.05, 3.63) is 71.8 Å². The van der Waals surface area contributed by atoms with Gasteiger partial charge in [-0.1, -0.05) is 60.7 Å². The van der Waals surface area contributed by atoms with E-state index in [1.165, 1.54) is 6.92 Å². The Morgan fingerprint density at radius 1 is 1.10 bits per heavy atom. The summed E-state index contributed by atoms with van der Waals surface area (Å²) in [5, 5.41) is 13.7. The van der Waals surface area contributed by atoms with Gasteiger partial charge in [0.2, 0.25) is 5.91 Å². The van der Waals surface area contributed by atoms with Gasteiger partial charge >= 0.3 is 0 Å². The molecule has 0 spiro atoms. The third-order valence-electron chi connectivity index (χ3n) is 5.06. The maximum absolute atomic E-state index is 11.7. The third-order valence-corrected chi connectivity index (χ3v) is 5.06. The van der Waals surface area contributed by atoms with E-state index < -0.39 is 36.9 Å². The molecule has 0 unspecified atom stereocenters. The number of carbonyl (C=O) groups excluding carboxylic acids is 1. The number of hydrogen-bond donors (Lipinski definition) is 2. The van der Waals surface area contributed by atoms with E-state index in [0.717, 1.165) is 11.1 Å². The van der Waals surface area contributed by atoms with Crippen molar-refractivity contribution in [2.75, 3.05) is 6.61 Å². The summed E-state index contributed by atoms with van der Waals surface area (Å²) in [5.41, 5.74) is 1.83. The van der Waals surface area contributed by atoms with Crippen LogP contribution in [0.1, 0.15) is 24.3 Å². The smallest absolute Gasteiger partial charge is 0.217 e. The number of amides is 1. The lowest BCUT2D eigenvalue weighted by molar-refractivity contribution is -0.345. The van der Waals surface area contributed by atoms with Crippen LogP contribution in [0, 0.1) is 0 Å². The summed E-state index contributed by atoms with van der Waals surface area (Å²) < 4.78 is 23.8. The largest absolute Gasteiger partial charge is 0.388 e. The van der Waals surface area contributed by atoms with E-state index >= 15 is 0 Å². The molecule has 2 aliphatic rings. The highest BCUT2D eigenvalue weighted by Crippen LogP contribution is 2.34. The van der Waals surface area contributed by atoms with Gasteiger partial charge in [-0.05, 0) is 5.56 Å². The number of nitrogens with one attached hydrogen (secondary N) is 1. The van der Waals surface area contributed by atoms with Gasteiger partial charge in [-0.25, -0.2) is 0 Å². The first kappa shape index (κ1) is 20.0. The normalized spacial score (nSPS) is 31.7. The van der Waals surface area contributed by atoms with E-state index in [0.29, 0.717) is 6.61 Å². The fourth-order valence-electron chi connectivity index (χ4n) is 3.65. The number of ether oxygens (including phenoxy) is 4. The van der Waals surface area contributed by atoms with Crippen molar-refractivity contribution < 1.29 is 28.8 Å². The SMILES string of the molecule is CC(=O)N[C@@H]1[C@H](OCc2ccccc2)O[C@H]2CO[C@H](c3ccccc3)O[C@@H]2[C@H]1O. The first-order valence-corrected chi connectivity index (χ1v) is 9.70. The number of aliphatic hydroxyl groups excluding tert-OH is 1. The summed E-state index contributed by atoms with van der Waals surface area (Å²) in [6, 6.07) is 18.4. The molecule has 0 aliphatic carbocycles. The molecule has 154 valence electrons. The molecule has 29 heavy (non-hydrogen) atoms. The molecule has 2 aliphatic heterocycles. The van der Waals surface area contributed by atoms with Gasteiger partial charge in [0, 0.05) is 12.5 Å². The molecule has 2 saturated heterocycles. The molecule has 0 saturated carbocycles. The summed E-state index contributed by atoms with van der Waals surface area (Å²) in [6.45, 7) is 1.93. The maximum atomic E-state index is 11.7. The van der Waals surface area contributed by atoms with Gasteiger partial charge in [0.05, 0.1) is 13.2 Å². The van der Waals surface area contributed by atoms with Gasteiger partial charge in [0.25, 0.3) is 0 Å². The minimum Gasteiger partial charge on any atom is -0.388 e. The van der Waals surface area contributed by atoms with Gasteiger partial charge < -0.3 is 29.4 Å². The Morgan fingerprint density at radius 2 is 1.79 bits per heavy atom. The number of benzene rings is 2. The van der Waals surface area contributed by atoms with Crippen LogP contribution in [0.2, 0.25) is 0 Å². The van der Waals surface area contributed by atoms with E-state index in [9.17, 15) is 9.90 Å². The Labute approximate surface area is 169 Å². The van der Waals surface area contributed by atoms with Crippen molar-refractivity contribution >= 4 is 5.91 Å². The zero-order valence-corrected chi connectivity index (χ0v) is 16.1. The van der Waals surface area contributed by atoms with Crippen LogP contribution in [0.25, 0.3) is 0 Å². The van der Waals surface area contributed by atoms with Crippen LogP contribution in [-0.2, 0) is 30.3 Å². The van der Waals surface area contributed by atoms with E-state index in [2.05, 4.69) is 5.32 Å². The predicted molar refractivity (Wildman–Crippen MR) is 104 cm³/mol. The molecule has 7 nitrogen and oxygen atoms in total. The molecule has 6 atom stereocenters. The zero-order valence-electron chi connectivity index (χ0n) is 16.1. The Balaban J connectivity index is 1.48. The Bertz CT molecular complexity index is 801. The van der Waals surface area contributed by atoms with Crippen LogP contribution in [-0.4, -0.2) is 48.3 Å². The molecule has 0 bridgehead atoms. The van der Waals surface area contributed by atoms with Crippen LogP contribution in [0.3, 0.4) is 0 Å². The van der Waals surface area contributed by atoms with Crippen LogP contribution < -0.4 is 5.32 Å². The molecule has 2 aromatic carbocycles. The van der Waals surface area contributed by atoms with Crippen molar-refractivity contribution in [1.82, 2.24) is 5.32 Å². The molecule has 2 fully saturated rings. The number of fused-ring (bicyclic) bond motifs is 1. The van der Waals surface area contributed by atoms with Crippen molar-refractivity contribution in [2.45, 2.75) is 50.5 Å². The molecular formula is C22H25NO6. The molecule has 0 aromatic heterocycles. The van der Waals surface area contributed by atoms with E-state index in [4.69, 9.17) is 18.9 Å². The number of rotatable bonds is 5. The molecule has 4 rings (SSSR count). The van der Waals surface area contributed by atoms with Crippen LogP contribution in [0.4, 0.5) is 0 Å². The highest BCUT2D eigenvalue weighted by Gasteiger charge is 2.50. The minimum absolute atomic E-state index is 0.249. The fourth-order valence-corrected chi connectivity index (χ4v) is 3.65. The molecule has 2 heterocycles. The predicted octanol–water partition coefficient (Wildman–Crippen LogP) is 1.91. The van der Waals surface area contributed by atoms with Crippen LogP contribution >= 0.6 is 0 Å². The third kappa shape index (κ3) is 4.66. The summed E-state index contributed by atoms with van der Waals surface area (Å²) in [4.78, 5) is 11.7. The summed E-state index contributed by atoms with van der Waals surface area (Å²) in [6.07, 6.45) is -3.59. The Morgan fingerprint density at radius 3 is 2.48 bits per heavy atom. The lowest BCUT2D eigenvalue weighted by Crippen LogP contribution is -2.66. The molecular weight excluding hydrogens is 374 g/mol. The van der Waals surface area contributed by atoms with Gasteiger partial charge in [-0.15, -0.1) is 0 Å². The summed E-state index contributed by atoms with van der Waals surface area (Å²) in [7, 11) is 0. The number of carbonyl (C=O) groups is 1. The number of aliphatic hydroxyl groups is 1. The lowest BCUT2D eigenvalue weighted by atomic mass is 9.95. The van der Waals surface area contributed by atoms with Gasteiger partial charge in [0.1, 0.15) is 24.4 Å². The van der Waals surface area contributed by atoms with Crippen molar-refractivity contribution in [2.24, 2.45) is 0 Å². The molecule has 0 radical (unpaired) electrons. The zero-order chi connectivity index (χ0) is 20.2. The second-order valence-corrected chi connectivity index (χ2v) is 7.23. The topological polar surface area (TPSA) is 86.3 Å². The summed E-state index contributed by atoms with van der Waals surface area (Å²) >= 11 is 0. The Kier molecular flexibility index (Phi) is 6.22. The fraction of sp³-hybridized carbons (Fsp3) is 0.409. The standard InChI is InChI=1S/C22H25NO6/c1-14(24)23-18-19(25)20-17(13-27-21(29-20)16-10-6-3-7-11-16)28-22(18)26-12-15-8-4-2-5-9-15/h2-11,17-22,25H,12-13H2,1H3,(H,23,24)/t17-,18-,19-,20-,21-,22+/m0/s1. The first-order valence-electron chi connectivity index (χ1n) is 9.70. The highest BCUT2D eigenvalue weighted by molar-refractivity contribution is 5.73.